The molecule has 0 atom stereocenters. The monoisotopic (exact) mass is 277 g/mol. The molecule has 0 aliphatic rings. The average Bonchev–Trinajstić information content (AvgIpc) is 2.38. The zero-order valence-electron chi connectivity index (χ0n) is 9.40. The number of benzene rings is 1. The Morgan fingerprint density at radius 2 is 2.06 bits per heavy atom. The Bertz CT molecular complexity index is 673. The normalized spacial score (nSPS) is 10.1. The molecule has 0 radical (unpaired) electrons. The van der Waals surface area contributed by atoms with Crippen molar-refractivity contribution in [2.45, 2.75) is 5.03 Å². The summed E-state index contributed by atoms with van der Waals surface area (Å²) in [7, 11) is 0. The Morgan fingerprint density at radius 1 is 1.39 bits per heavy atom. The van der Waals surface area contributed by atoms with Crippen LogP contribution in [0.2, 0.25) is 5.02 Å². The van der Waals surface area contributed by atoms with E-state index in [2.05, 4.69) is 9.97 Å². The maximum atomic E-state index is 11.7. The number of aromatic nitrogens is 2. The van der Waals surface area contributed by atoms with Crippen molar-refractivity contribution in [1.82, 2.24) is 9.97 Å². The van der Waals surface area contributed by atoms with Crippen LogP contribution in [0.15, 0.2) is 34.1 Å². The fraction of sp³-hybridized carbons (Fsp3) is 0.0833. The second-order valence-electron chi connectivity index (χ2n) is 3.42. The van der Waals surface area contributed by atoms with Crippen molar-refractivity contribution in [1.29, 1.82) is 5.26 Å². The van der Waals surface area contributed by atoms with E-state index in [1.165, 1.54) is 11.8 Å². The van der Waals surface area contributed by atoms with Crippen LogP contribution in [0.3, 0.4) is 0 Å². The number of nitriles is 1. The van der Waals surface area contributed by atoms with E-state index in [0.717, 1.165) is 5.56 Å². The predicted octanol–water partition coefficient (Wildman–Crippen LogP) is 2.68. The first-order valence-corrected chi connectivity index (χ1v) is 6.60. The summed E-state index contributed by atoms with van der Waals surface area (Å²) in [6, 6.07) is 8.81. The smallest absolute Gasteiger partial charge is 0.270 e. The van der Waals surface area contributed by atoms with Gasteiger partial charge in [-0.05, 0) is 30.5 Å². The number of hydrogen-bond acceptors (Lipinski definition) is 4. The van der Waals surface area contributed by atoms with Crippen LogP contribution < -0.4 is 5.56 Å². The van der Waals surface area contributed by atoms with E-state index in [1.807, 2.05) is 6.07 Å². The quantitative estimate of drug-likeness (QED) is 0.677. The summed E-state index contributed by atoms with van der Waals surface area (Å²) in [6.45, 7) is 0. The van der Waals surface area contributed by atoms with E-state index in [9.17, 15) is 4.79 Å². The molecular weight excluding hydrogens is 270 g/mol. The summed E-state index contributed by atoms with van der Waals surface area (Å²) in [5, 5.41) is 9.92. The molecule has 0 saturated heterocycles. The van der Waals surface area contributed by atoms with Crippen molar-refractivity contribution in [2.75, 3.05) is 6.26 Å². The molecule has 0 spiro atoms. The van der Waals surface area contributed by atoms with Crippen molar-refractivity contribution in [2.24, 2.45) is 0 Å². The number of thioether (sulfide) groups is 1. The summed E-state index contributed by atoms with van der Waals surface area (Å²) >= 11 is 7.06. The van der Waals surface area contributed by atoms with Crippen molar-refractivity contribution >= 4 is 23.4 Å². The molecule has 1 N–H and O–H groups in total. The van der Waals surface area contributed by atoms with E-state index in [-0.39, 0.29) is 5.56 Å². The highest BCUT2D eigenvalue weighted by Crippen LogP contribution is 2.20. The molecule has 0 amide bonds. The molecule has 0 aliphatic carbocycles. The molecule has 2 rings (SSSR count). The third-order valence-electron chi connectivity index (χ3n) is 2.31. The number of nitrogens with zero attached hydrogens (tertiary/aromatic N) is 2. The minimum atomic E-state index is -0.429. The van der Waals surface area contributed by atoms with Gasteiger partial charge in [-0.2, -0.15) is 5.26 Å². The molecule has 18 heavy (non-hydrogen) atoms. The number of rotatable bonds is 2. The third kappa shape index (κ3) is 2.40. The van der Waals surface area contributed by atoms with Crippen LogP contribution in [0, 0.1) is 11.3 Å². The van der Waals surface area contributed by atoms with Gasteiger partial charge in [-0.3, -0.25) is 4.79 Å². The van der Waals surface area contributed by atoms with Crippen molar-refractivity contribution < 1.29 is 0 Å². The zero-order valence-corrected chi connectivity index (χ0v) is 11.0. The Labute approximate surface area is 113 Å². The highest BCUT2D eigenvalue weighted by atomic mass is 35.5. The first-order chi connectivity index (χ1) is 8.65. The molecule has 2 aromatic rings. The van der Waals surface area contributed by atoms with Crippen LogP contribution >= 0.6 is 23.4 Å². The van der Waals surface area contributed by atoms with Gasteiger partial charge in [-0.25, -0.2) is 4.98 Å². The lowest BCUT2D eigenvalue weighted by Gasteiger charge is -2.04. The fourth-order valence-corrected chi connectivity index (χ4v) is 2.09. The first kappa shape index (κ1) is 12.7. The van der Waals surface area contributed by atoms with Gasteiger partial charge in [0.15, 0.2) is 0 Å². The van der Waals surface area contributed by atoms with Crippen LogP contribution in [-0.2, 0) is 0 Å². The highest BCUT2D eigenvalue weighted by Gasteiger charge is 2.11. The topological polar surface area (TPSA) is 69.5 Å². The lowest BCUT2D eigenvalue weighted by molar-refractivity contribution is 1.01. The minimum Gasteiger partial charge on any atom is -0.305 e. The molecule has 6 heteroatoms. The number of H-pyrrole nitrogens is 1. The van der Waals surface area contributed by atoms with Gasteiger partial charge in [0, 0.05) is 10.6 Å². The molecule has 4 nitrogen and oxygen atoms in total. The molecular formula is C12H8ClN3OS. The number of aromatic amines is 1. The Morgan fingerprint density at radius 3 is 2.61 bits per heavy atom. The van der Waals surface area contributed by atoms with Gasteiger partial charge in [-0.15, -0.1) is 11.8 Å². The standard InChI is InChI=1S/C12H8ClN3OS/c1-18-12-9(6-14)11(17)15-10(16-12)7-2-4-8(13)5-3-7/h2-5H,1H3,(H,15,16,17). The molecule has 90 valence electrons. The van der Waals surface area contributed by atoms with Gasteiger partial charge in [0.25, 0.3) is 5.56 Å². The summed E-state index contributed by atoms with van der Waals surface area (Å²) in [4.78, 5) is 18.6. The second-order valence-corrected chi connectivity index (χ2v) is 4.65. The molecule has 0 bridgehead atoms. The molecule has 0 saturated carbocycles. The SMILES string of the molecule is CSc1nc(-c2ccc(Cl)cc2)[nH]c(=O)c1C#N. The van der Waals surface area contributed by atoms with Gasteiger partial charge in [0.2, 0.25) is 0 Å². The van der Waals surface area contributed by atoms with Crippen molar-refractivity contribution in [3.05, 3.63) is 45.2 Å². The van der Waals surface area contributed by atoms with Crippen molar-refractivity contribution in [3.8, 4) is 17.5 Å². The van der Waals surface area contributed by atoms with Gasteiger partial charge in [-0.1, -0.05) is 11.6 Å². The molecule has 0 aliphatic heterocycles. The summed E-state index contributed by atoms with van der Waals surface area (Å²) < 4.78 is 0. The molecule has 1 heterocycles. The first-order valence-electron chi connectivity index (χ1n) is 5.00. The number of hydrogen-bond donors (Lipinski definition) is 1. The largest absolute Gasteiger partial charge is 0.305 e. The lowest BCUT2D eigenvalue weighted by atomic mass is 10.2. The van der Waals surface area contributed by atoms with E-state index in [4.69, 9.17) is 16.9 Å². The van der Waals surface area contributed by atoms with Crippen LogP contribution in [-0.4, -0.2) is 16.2 Å². The van der Waals surface area contributed by atoms with E-state index in [1.54, 1.807) is 30.5 Å². The van der Waals surface area contributed by atoms with E-state index >= 15 is 0 Å². The van der Waals surface area contributed by atoms with Crippen LogP contribution in [0.1, 0.15) is 5.56 Å². The van der Waals surface area contributed by atoms with E-state index < -0.39 is 5.56 Å². The van der Waals surface area contributed by atoms with Crippen LogP contribution in [0.5, 0.6) is 0 Å². The number of nitrogens with one attached hydrogen (secondary N) is 1. The molecule has 1 aromatic heterocycles. The van der Waals surface area contributed by atoms with Crippen molar-refractivity contribution in [3.63, 3.8) is 0 Å². The Kier molecular flexibility index (Phi) is 3.70. The van der Waals surface area contributed by atoms with Gasteiger partial charge < -0.3 is 4.98 Å². The van der Waals surface area contributed by atoms with Gasteiger partial charge >= 0.3 is 0 Å². The second kappa shape index (κ2) is 5.25. The summed E-state index contributed by atoms with van der Waals surface area (Å²) in [5.41, 5.74) is 0.360. The zero-order chi connectivity index (χ0) is 13.1. The van der Waals surface area contributed by atoms with Crippen LogP contribution in [0.25, 0.3) is 11.4 Å². The van der Waals surface area contributed by atoms with Crippen LogP contribution in [0.4, 0.5) is 0 Å². The maximum absolute atomic E-state index is 11.7. The number of halogens is 1. The third-order valence-corrected chi connectivity index (χ3v) is 3.24. The van der Waals surface area contributed by atoms with E-state index in [0.29, 0.717) is 15.9 Å². The Hall–Kier alpha value is -1.77. The summed E-state index contributed by atoms with van der Waals surface area (Å²) in [6.07, 6.45) is 1.77. The highest BCUT2D eigenvalue weighted by molar-refractivity contribution is 7.98. The Balaban J connectivity index is 2.60. The average molecular weight is 278 g/mol. The summed E-state index contributed by atoms with van der Waals surface area (Å²) in [5.74, 6) is 0.431. The molecule has 1 aromatic carbocycles. The van der Waals surface area contributed by atoms with Gasteiger partial charge in [0.05, 0.1) is 0 Å². The maximum Gasteiger partial charge on any atom is 0.270 e. The fourth-order valence-electron chi connectivity index (χ4n) is 1.44. The lowest BCUT2D eigenvalue weighted by Crippen LogP contribution is -2.14. The van der Waals surface area contributed by atoms with Gasteiger partial charge in [0.1, 0.15) is 22.5 Å². The molecule has 0 unspecified atom stereocenters. The predicted molar refractivity (Wildman–Crippen MR) is 71.8 cm³/mol. The molecule has 0 fully saturated rings. The minimum absolute atomic E-state index is 0.0419.